The van der Waals surface area contributed by atoms with Crippen molar-refractivity contribution >= 4 is 33.5 Å². The molecule has 46 heavy (non-hydrogen) atoms. The number of hydrogen-bond acceptors (Lipinski definition) is 6. The third-order valence-electron chi connectivity index (χ3n) is 7.82. The molecule has 0 aromatic heterocycles. The van der Waals surface area contributed by atoms with E-state index in [1.807, 2.05) is 0 Å². The summed E-state index contributed by atoms with van der Waals surface area (Å²) in [7, 11) is -3.86. The smallest absolute Gasteiger partial charge is 0.487 e. The summed E-state index contributed by atoms with van der Waals surface area (Å²) in [5.41, 5.74) is 0.0851. The molecule has 254 valence electrons. The number of hydrogen-bond donors (Lipinski definition) is 2. The van der Waals surface area contributed by atoms with Gasteiger partial charge in [0.25, 0.3) is 5.91 Å². The number of carboxylic acids is 1. The number of amides is 1. The molecule has 0 unspecified atom stereocenters. The number of carbonyl (C=O) groups is 2. The van der Waals surface area contributed by atoms with Gasteiger partial charge in [0, 0.05) is 18.6 Å². The number of carboxylic acid groups (broad SMARTS) is 1. The predicted molar refractivity (Wildman–Crippen MR) is 147 cm³/mol. The molecule has 2 aromatic rings. The monoisotopic (exact) mass is 706 g/mol. The molecule has 1 saturated carbocycles. The topological polar surface area (TPSA) is 113 Å². The van der Waals surface area contributed by atoms with Gasteiger partial charge in [0.15, 0.2) is 11.6 Å². The number of benzene rings is 2. The van der Waals surface area contributed by atoms with Gasteiger partial charge in [-0.3, -0.25) is 9.69 Å². The Morgan fingerprint density at radius 3 is 2.04 bits per heavy atom. The zero-order chi connectivity index (χ0) is 34.4. The number of halogens is 9. The fraction of sp³-hybridized carbons (Fsp3) is 0.500. The summed E-state index contributed by atoms with van der Waals surface area (Å²) >= 11 is 5.70. The van der Waals surface area contributed by atoms with Gasteiger partial charge in [0.2, 0.25) is 10.0 Å². The number of ether oxygens (including phenoxy) is 1. The van der Waals surface area contributed by atoms with Gasteiger partial charge >= 0.3 is 18.3 Å². The van der Waals surface area contributed by atoms with Gasteiger partial charge < -0.3 is 9.84 Å². The standard InChI is InChI=1S/C26H26ClF5N2O4S.C2HF3O2/c1-39(36,37)33-25(35)20-11-19(13-2-3-13)14(6-22(20)28)12-34-16-4-5-17(34)10-18(9-16)38-23-8-15(26(30,31)32)7-21(27)24(23)29;3-2(4,5)1(6)7/h6-8,11,13,16-18H,2-5,9-10,12H2,1H3,(H,33,35);(H,6,7)/t16-,17+,18+;. The molecule has 3 atom stereocenters. The lowest BCUT2D eigenvalue weighted by Gasteiger charge is -2.39. The first kappa shape index (κ1) is 35.7. The largest absolute Gasteiger partial charge is 0.490 e. The Kier molecular flexibility index (Phi) is 10.2. The summed E-state index contributed by atoms with van der Waals surface area (Å²) in [6.45, 7) is 0.391. The average Bonchev–Trinajstić information content (AvgIpc) is 3.71. The van der Waals surface area contributed by atoms with Crippen molar-refractivity contribution in [3.8, 4) is 5.75 Å². The van der Waals surface area contributed by atoms with Gasteiger partial charge in [-0.25, -0.2) is 26.7 Å². The lowest BCUT2D eigenvalue weighted by atomic mass is 9.95. The lowest BCUT2D eigenvalue weighted by molar-refractivity contribution is -0.192. The number of rotatable bonds is 7. The molecular formula is C28H27ClF8N2O6S. The van der Waals surface area contributed by atoms with E-state index in [1.165, 1.54) is 12.1 Å². The number of sulfonamides is 1. The van der Waals surface area contributed by atoms with E-state index in [9.17, 15) is 48.3 Å². The van der Waals surface area contributed by atoms with E-state index in [4.69, 9.17) is 26.2 Å². The Bertz CT molecular complexity index is 1600. The van der Waals surface area contributed by atoms with E-state index in [0.717, 1.165) is 37.5 Å². The van der Waals surface area contributed by atoms with Gasteiger partial charge in [-0.15, -0.1) is 0 Å². The van der Waals surface area contributed by atoms with Crippen LogP contribution in [-0.2, 0) is 27.5 Å². The summed E-state index contributed by atoms with van der Waals surface area (Å²) in [6.07, 6.45) is -5.25. The van der Waals surface area contributed by atoms with Crippen LogP contribution in [0.1, 0.15) is 71.5 Å². The average molecular weight is 707 g/mol. The summed E-state index contributed by atoms with van der Waals surface area (Å²) in [5, 5.41) is 6.46. The van der Waals surface area contributed by atoms with Crippen LogP contribution in [0.4, 0.5) is 35.1 Å². The highest BCUT2D eigenvalue weighted by molar-refractivity contribution is 7.89. The van der Waals surface area contributed by atoms with Gasteiger partial charge in [-0.05, 0) is 79.8 Å². The third-order valence-corrected chi connectivity index (χ3v) is 8.65. The van der Waals surface area contributed by atoms with Crippen LogP contribution >= 0.6 is 11.6 Å². The van der Waals surface area contributed by atoms with Crippen LogP contribution in [0.3, 0.4) is 0 Å². The Morgan fingerprint density at radius 2 is 1.57 bits per heavy atom. The summed E-state index contributed by atoms with van der Waals surface area (Å²) in [5.74, 6) is -6.02. The number of fused-ring (bicyclic) bond motifs is 2. The van der Waals surface area contributed by atoms with Gasteiger partial charge in [0.05, 0.1) is 22.4 Å². The highest BCUT2D eigenvalue weighted by Crippen LogP contribution is 2.45. The van der Waals surface area contributed by atoms with E-state index in [0.29, 0.717) is 37.1 Å². The molecule has 5 rings (SSSR count). The maximum absolute atomic E-state index is 15.0. The van der Waals surface area contributed by atoms with E-state index in [1.54, 1.807) is 4.72 Å². The molecule has 3 aliphatic rings. The molecule has 2 N–H and O–H groups in total. The zero-order valence-electron chi connectivity index (χ0n) is 23.8. The molecule has 2 aromatic carbocycles. The molecule has 3 fully saturated rings. The van der Waals surface area contributed by atoms with Crippen molar-refractivity contribution in [1.29, 1.82) is 0 Å². The van der Waals surface area contributed by atoms with Crippen LogP contribution in [0, 0.1) is 11.6 Å². The summed E-state index contributed by atoms with van der Waals surface area (Å²) in [4.78, 5) is 23.4. The minimum Gasteiger partial charge on any atom is -0.487 e. The number of carbonyl (C=O) groups excluding carboxylic acids is 1. The van der Waals surface area contributed by atoms with Crippen LogP contribution < -0.4 is 9.46 Å². The Labute approximate surface area is 262 Å². The van der Waals surface area contributed by atoms with Gasteiger partial charge in [-0.2, -0.15) is 26.3 Å². The van der Waals surface area contributed by atoms with E-state index >= 15 is 0 Å². The minimum absolute atomic E-state index is 0.0126. The fourth-order valence-corrected chi connectivity index (χ4v) is 6.37. The number of aliphatic carboxylic acids is 1. The number of piperidine rings is 1. The quantitative estimate of drug-likeness (QED) is 0.320. The van der Waals surface area contributed by atoms with Crippen molar-refractivity contribution in [2.75, 3.05) is 6.26 Å². The Morgan fingerprint density at radius 1 is 1.00 bits per heavy atom. The van der Waals surface area contributed by atoms with Gasteiger partial charge in [-0.1, -0.05) is 11.6 Å². The van der Waals surface area contributed by atoms with Crippen molar-refractivity contribution < 1.29 is 63.0 Å². The first-order valence-corrected chi connectivity index (χ1v) is 16.0. The van der Waals surface area contributed by atoms with Crippen molar-refractivity contribution in [2.45, 2.75) is 81.5 Å². The van der Waals surface area contributed by atoms with Crippen LogP contribution in [0.25, 0.3) is 0 Å². The molecular weight excluding hydrogens is 680 g/mol. The second-order valence-corrected chi connectivity index (χ2v) is 13.5. The van der Waals surface area contributed by atoms with Crippen LogP contribution in [0.15, 0.2) is 24.3 Å². The highest BCUT2D eigenvalue weighted by atomic mass is 35.5. The molecule has 1 aliphatic carbocycles. The van der Waals surface area contributed by atoms with E-state index < -0.39 is 68.3 Å². The van der Waals surface area contributed by atoms with Gasteiger partial charge in [0.1, 0.15) is 11.9 Å². The molecule has 1 amide bonds. The minimum atomic E-state index is -5.08. The van der Waals surface area contributed by atoms with Crippen molar-refractivity contribution in [2.24, 2.45) is 0 Å². The molecule has 2 saturated heterocycles. The fourth-order valence-electron chi connectivity index (χ4n) is 5.71. The molecule has 2 bridgehead atoms. The van der Waals surface area contributed by atoms with E-state index in [2.05, 4.69) is 4.90 Å². The number of nitrogens with one attached hydrogen (secondary N) is 1. The normalized spacial score (nSPS) is 21.7. The van der Waals surface area contributed by atoms with E-state index in [-0.39, 0.29) is 23.6 Å². The second kappa shape index (κ2) is 13.1. The highest BCUT2D eigenvalue weighted by Gasteiger charge is 2.43. The van der Waals surface area contributed by atoms with Crippen molar-refractivity contribution in [1.82, 2.24) is 9.62 Å². The number of nitrogens with zero attached hydrogens (tertiary/aromatic N) is 1. The first-order chi connectivity index (χ1) is 21.1. The van der Waals surface area contributed by atoms with Crippen molar-refractivity contribution in [3.05, 3.63) is 63.2 Å². The molecule has 0 radical (unpaired) electrons. The summed E-state index contributed by atoms with van der Waals surface area (Å²) < 4.78 is 131. The molecule has 2 heterocycles. The summed E-state index contributed by atoms with van der Waals surface area (Å²) in [6, 6.07) is 3.85. The maximum Gasteiger partial charge on any atom is 0.490 e. The number of alkyl halides is 6. The Balaban J connectivity index is 0.000000617. The third kappa shape index (κ3) is 8.79. The molecule has 2 aliphatic heterocycles. The van der Waals surface area contributed by atoms with Crippen LogP contribution in [0.5, 0.6) is 5.75 Å². The van der Waals surface area contributed by atoms with Crippen molar-refractivity contribution in [3.63, 3.8) is 0 Å². The molecule has 18 heteroatoms. The first-order valence-electron chi connectivity index (χ1n) is 13.8. The maximum atomic E-state index is 15.0. The lowest BCUT2D eigenvalue weighted by Crippen LogP contribution is -2.46. The Hall–Kier alpha value is -3.18. The SMILES string of the molecule is CS(=O)(=O)NC(=O)c1cc(C2CC2)c(CN2[C@@H]3CC[C@H]2C[C@@H](Oc2cc(C(F)(F)F)cc(Cl)c2F)C3)cc1F.O=C(O)C(F)(F)F. The molecule has 0 spiro atoms. The van der Waals surface area contributed by atoms with Crippen LogP contribution in [-0.4, -0.2) is 60.9 Å². The van der Waals surface area contributed by atoms with Crippen LogP contribution in [0.2, 0.25) is 5.02 Å². The second-order valence-electron chi connectivity index (χ2n) is 11.3. The predicted octanol–water partition coefficient (Wildman–Crippen LogP) is 6.41. The molecule has 8 nitrogen and oxygen atoms in total. The zero-order valence-corrected chi connectivity index (χ0v) is 25.4.